The fourth-order valence-electron chi connectivity index (χ4n) is 1.11. The van der Waals surface area contributed by atoms with E-state index in [9.17, 15) is 4.39 Å². The molecule has 0 saturated heterocycles. The van der Waals surface area contributed by atoms with Crippen LogP contribution in [0.4, 0.5) is 10.1 Å². The summed E-state index contributed by atoms with van der Waals surface area (Å²) in [7, 11) is 1.65. The van der Waals surface area contributed by atoms with Crippen molar-refractivity contribution in [2.24, 2.45) is 0 Å². The summed E-state index contributed by atoms with van der Waals surface area (Å²) >= 11 is 0. The molecule has 13 heavy (non-hydrogen) atoms. The van der Waals surface area contributed by atoms with Gasteiger partial charge in [-0.2, -0.15) is 0 Å². The maximum absolute atomic E-state index is 12.7. The molecular formula is C10H14FNO. The van der Waals surface area contributed by atoms with E-state index in [2.05, 4.69) is 5.32 Å². The summed E-state index contributed by atoms with van der Waals surface area (Å²) < 4.78 is 17.6. The Bertz CT molecular complexity index is 276. The number of benzene rings is 1. The van der Waals surface area contributed by atoms with Crippen molar-refractivity contribution in [1.82, 2.24) is 0 Å². The Labute approximate surface area is 77.7 Å². The number of rotatable bonds is 4. The first-order valence-corrected chi connectivity index (χ1v) is 4.23. The molecule has 0 bridgehead atoms. The van der Waals surface area contributed by atoms with Gasteiger partial charge in [-0.15, -0.1) is 0 Å². The van der Waals surface area contributed by atoms with Gasteiger partial charge in [-0.1, -0.05) is 0 Å². The molecule has 0 saturated carbocycles. The van der Waals surface area contributed by atoms with Gasteiger partial charge in [0.15, 0.2) is 0 Å². The summed E-state index contributed by atoms with van der Waals surface area (Å²) in [4.78, 5) is 0. The van der Waals surface area contributed by atoms with Gasteiger partial charge < -0.3 is 10.1 Å². The van der Waals surface area contributed by atoms with Crippen molar-refractivity contribution in [2.75, 3.05) is 25.6 Å². The van der Waals surface area contributed by atoms with Crippen LogP contribution in [0, 0.1) is 12.7 Å². The number of methoxy groups -OCH3 is 1. The van der Waals surface area contributed by atoms with E-state index >= 15 is 0 Å². The van der Waals surface area contributed by atoms with Gasteiger partial charge in [-0.3, -0.25) is 0 Å². The lowest BCUT2D eigenvalue weighted by Gasteiger charge is -2.08. The van der Waals surface area contributed by atoms with Crippen LogP contribution in [0.3, 0.4) is 0 Å². The van der Waals surface area contributed by atoms with Gasteiger partial charge >= 0.3 is 0 Å². The molecule has 1 N–H and O–H groups in total. The van der Waals surface area contributed by atoms with Crippen LogP contribution in [0.5, 0.6) is 0 Å². The normalized spacial score (nSPS) is 10.1. The maximum atomic E-state index is 12.7. The minimum absolute atomic E-state index is 0.199. The number of hydrogen-bond donors (Lipinski definition) is 1. The van der Waals surface area contributed by atoms with Gasteiger partial charge in [-0.25, -0.2) is 4.39 Å². The van der Waals surface area contributed by atoms with Crippen molar-refractivity contribution in [3.8, 4) is 0 Å². The highest BCUT2D eigenvalue weighted by molar-refractivity contribution is 5.50. The molecule has 0 spiro atoms. The second-order valence-electron chi connectivity index (χ2n) is 2.88. The van der Waals surface area contributed by atoms with E-state index in [1.165, 1.54) is 12.1 Å². The second kappa shape index (κ2) is 4.82. The van der Waals surface area contributed by atoms with Gasteiger partial charge in [-0.05, 0) is 30.7 Å². The second-order valence-corrected chi connectivity index (χ2v) is 2.88. The lowest BCUT2D eigenvalue weighted by atomic mass is 10.2. The van der Waals surface area contributed by atoms with Crippen LogP contribution in [0.1, 0.15) is 5.56 Å². The smallest absolute Gasteiger partial charge is 0.123 e. The standard InChI is InChI=1S/C10H14FNO/c1-8-7-9(11)3-4-10(8)12-5-6-13-2/h3-4,7,12H,5-6H2,1-2H3. The zero-order valence-corrected chi connectivity index (χ0v) is 7.93. The molecule has 1 rings (SSSR count). The van der Waals surface area contributed by atoms with E-state index in [1.807, 2.05) is 6.92 Å². The van der Waals surface area contributed by atoms with Crippen molar-refractivity contribution >= 4 is 5.69 Å². The monoisotopic (exact) mass is 183 g/mol. The summed E-state index contributed by atoms with van der Waals surface area (Å²) in [5.41, 5.74) is 1.87. The molecule has 0 aliphatic carbocycles. The van der Waals surface area contributed by atoms with E-state index in [0.29, 0.717) is 6.61 Å². The van der Waals surface area contributed by atoms with Crippen LogP contribution in [0.2, 0.25) is 0 Å². The van der Waals surface area contributed by atoms with Crippen LogP contribution in [-0.4, -0.2) is 20.3 Å². The van der Waals surface area contributed by atoms with Crippen LogP contribution < -0.4 is 5.32 Å². The fraction of sp³-hybridized carbons (Fsp3) is 0.400. The molecule has 0 heterocycles. The Hall–Kier alpha value is -1.09. The average Bonchev–Trinajstić information content (AvgIpc) is 2.09. The number of hydrogen-bond acceptors (Lipinski definition) is 2. The molecule has 0 atom stereocenters. The Kier molecular flexibility index (Phi) is 3.71. The molecule has 1 aromatic carbocycles. The van der Waals surface area contributed by atoms with Gasteiger partial charge in [0.25, 0.3) is 0 Å². The van der Waals surface area contributed by atoms with Gasteiger partial charge in [0.2, 0.25) is 0 Å². The van der Waals surface area contributed by atoms with E-state index in [1.54, 1.807) is 13.2 Å². The summed E-state index contributed by atoms with van der Waals surface area (Å²) in [6.45, 7) is 3.26. The third-order valence-electron chi connectivity index (χ3n) is 1.81. The summed E-state index contributed by atoms with van der Waals surface area (Å²) in [5, 5.41) is 3.15. The predicted molar refractivity (Wildman–Crippen MR) is 51.5 cm³/mol. The minimum atomic E-state index is -0.199. The first-order chi connectivity index (χ1) is 6.24. The summed E-state index contributed by atoms with van der Waals surface area (Å²) in [6, 6.07) is 4.69. The molecule has 0 aliphatic heterocycles. The molecule has 0 aromatic heterocycles. The van der Waals surface area contributed by atoms with E-state index in [0.717, 1.165) is 17.8 Å². The van der Waals surface area contributed by atoms with Crippen LogP contribution in [-0.2, 0) is 4.74 Å². The van der Waals surface area contributed by atoms with Gasteiger partial charge in [0.1, 0.15) is 5.82 Å². The SMILES string of the molecule is COCCNc1ccc(F)cc1C. The number of ether oxygens (including phenoxy) is 1. The topological polar surface area (TPSA) is 21.3 Å². The van der Waals surface area contributed by atoms with Crippen molar-refractivity contribution in [3.05, 3.63) is 29.6 Å². The third-order valence-corrected chi connectivity index (χ3v) is 1.81. The first-order valence-electron chi connectivity index (χ1n) is 4.23. The Morgan fingerprint density at radius 1 is 1.46 bits per heavy atom. The molecule has 0 aliphatic rings. The van der Waals surface area contributed by atoms with Crippen LogP contribution >= 0.6 is 0 Å². The number of halogens is 1. The lowest BCUT2D eigenvalue weighted by Crippen LogP contribution is -2.08. The number of nitrogens with one attached hydrogen (secondary N) is 1. The molecule has 72 valence electrons. The third kappa shape index (κ3) is 3.03. The average molecular weight is 183 g/mol. The molecule has 1 aromatic rings. The quantitative estimate of drug-likeness (QED) is 0.722. The Balaban J connectivity index is 2.56. The summed E-state index contributed by atoms with van der Waals surface area (Å²) in [5.74, 6) is -0.199. The summed E-state index contributed by atoms with van der Waals surface area (Å²) in [6.07, 6.45) is 0. The Morgan fingerprint density at radius 2 is 2.23 bits per heavy atom. The van der Waals surface area contributed by atoms with Crippen LogP contribution in [0.15, 0.2) is 18.2 Å². The predicted octanol–water partition coefficient (Wildman–Crippen LogP) is 2.19. The first kappa shape index (κ1) is 9.99. The lowest BCUT2D eigenvalue weighted by molar-refractivity contribution is 0.211. The molecule has 0 unspecified atom stereocenters. The van der Waals surface area contributed by atoms with Crippen molar-refractivity contribution < 1.29 is 9.13 Å². The van der Waals surface area contributed by atoms with Crippen molar-refractivity contribution in [2.45, 2.75) is 6.92 Å². The molecule has 0 amide bonds. The highest BCUT2D eigenvalue weighted by atomic mass is 19.1. The fourth-order valence-corrected chi connectivity index (χ4v) is 1.11. The maximum Gasteiger partial charge on any atom is 0.123 e. The van der Waals surface area contributed by atoms with Crippen molar-refractivity contribution in [1.29, 1.82) is 0 Å². The van der Waals surface area contributed by atoms with E-state index in [-0.39, 0.29) is 5.82 Å². The highest BCUT2D eigenvalue weighted by Crippen LogP contribution is 2.14. The van der Waals surface area contributed by atoms with Gasteiger partial charge in [0, 0.05) is 19.3 Å². The van der Waals surface area contributed by atoms with Crippen molar-refractivity contribution in [3.63, 3.8) is 0 Å². The highest BCUT2D eigenvalue weighted by Gasteiger charge is 1.97. The van der Waals surface area contributed by atoms with E-state index in [4.69, 9.17) is 4.74 Å². The number of aryl methyl sites for hydroxylation is 1. The number of anilines is 1. The van der Waals surface area contributed by atoms with Gasteiger partial charge in [0.05, 0.1) is 6.61 Å². The van der Waals surface area contributed by atoms with E-state index < -0.39 is 0 Å². The Morgan fingerprint density at radius 3 is 2.85 bits per heavy atom. The molecular weight excluding hydrogens is 169 g/mol. The van der Waals surface area contributed by atoms with Crippen LogP contribution in [0.25, 0.3) is 0 Å². The molecule has 0 radical (unpaired) electrons. The molecule has 3 heteroatoms. The zero-order valence-electron chi connectivity index (χ0n) is 7.93. The minimum Gasteiger partial charge on any atom is -0.383 e. The molecule has 2 nitrogen and oxygen atoms in total. The largest absolute Gasteiger partial charge is 0.383 e. The molecule has 0 fully saturated rings. The zero-order chi connectivity index (χ0) is 9.68.